The summed E-state index contributed by atoms with van der Waals surface area (Å²) < 4.78 is 4.82. The van der Waals surface area contributed by atoms with Crippen molar-refractivity contribution in [1.29, 1.82) is 0 Å². The van der Waals surface area contributed by atoms with Crippen LogP contribution in [0.1, 0.15) is 26.4 Å². The van der Waals surface area contributed by atoms with Crippen molar-refractivity contribution in [3.05, 3.63) is 51.2 Å². The third-order valence-corrected chi connectivity index (χ3v) is 4.01. The molecule has 3 nitrogen and oxygen atoms in total. The number of nitrogens with one attached hydrogen (secondary N) is 1. The van der Waals surface area contributed by atoms with E-state index < -0.39 is 0 Å². The fraction of sp³-hybridized carbons (Fsp3) is 0.267. The van der Waals surface area contributed by atoms with Crippen LogP contribution in [0, 0.1) is 13.8 Å². The Morgan fingerprint density at radius 2 is 2.11 bits per heavy atom. The van der Waals surface area contributed by atoms with Crippen molar-refractivity contribution in [3.8, 4) is 0 Å². The van der Waals surface area contributed by atoms with Crippen LogP contribution in [-0.4, -0.2) is 13.1 Å². The van der Waals surface area contributed by atoms with Crippen LogP contribution in [0.5, 0.6) is 0 Å². The summed E-state index contributed by atoms with van der Waals surface area (Å²) in [6.45, 7) is 4.76. The number of benzene rings is 1. The smallest absolute Gasteiger partial charge is 0.339 e. The largest absolute Gasteiger partial charge is 0.465 e. The molecular weight excluding hydrogens is 258 g/mol. The van der Waals surface area contributed by atoms with Crippen molar-refractivity contribution < 1.29 is 9.53 Å². The zero-order valence-corrected chi connectivity index (χ0v) is 12.1. The first kappa shape index (κ1) is 13.6. The molecule has 2 aromatic rings. The quantitative estimate of drug-likeness (QED) is 0.863. The predicted molar refractivity (Wildman–Crippen MR) is 78.9 cm³/mol. The number of thiophene rings is 1. The van der Waals surface area contributed by atoms with Crippen LogP contribution in [0.2, 0.25) is 0 Å². The number of rotatable bonds is 4. The van der Waals surface area contributed by atoms with Gasteiger partial charge in [0.15, 0.2) is 0 Å². The Morgan fingerprint density at radius 1 is 1.32 bits per heavy atom. The molecule has 0 aliphatic carbocycles. The van der Waals surface area contributed by atoms with Gasteiger partial charge < -0.3 is 10.1 Å². The first-order valence-electron chi connectivity index (χ1n) is 6.07. The molecule has 0 aliphatic rings. The van der Waals surface area contributed by atoms with Gasteiger partial charge in [-0.1, -0.05) is 11.6 Å². The zero-order chi connectivity index (χ0) is 13.8. The lowest BCUT2D eigenvalue weighted by atomic mass is 10.1. The molecule has 1 aromatic carbocycles. The van der Waals surface area contributed by atoms with Gasteiger partial charge in [-0.25, -0.2) is 4.79 Å². The molecule has 0 unspecified atom stereocenters. The van der Waals surface area contributed by atoms with Gasteiger partial charge in [-0.15, -0.1) is 11.3 Å². The van der Waals surface area contributed by atoms with Crippen molar-refractivity contribution in [2.45, 2.75) is 20.4 Å². The van der Waals surface area contributed by atoms with E-state index >= 15 is 0 Å². The molecular formula is C15H17NO2S. The molecule has 0 atom stereocenters. The second kappa shape index (κ2) is 5.89. The minimum atomic E-state index is -0.311. The second-order valence-corrected chi connectivity index (χ2v) is 5.42. The van der Waals surface area contributed by atoms with E-state index in [0.717, 1.165) is 17.8 Å². The summed E-state index contributed by atoms with van der Waals surface area (Å²) in [5.41, 5.74) is 3.70. The number of aryl methyl sites for hydroxylation is 2. The van der Waals surface area contributed by atoms with Gasteiger partial charge >= 0.3 is 5.97 Å². The van der Waals surface area contributed by atoms with E-state index in [1.54, 1.807) is 11.3 Å². The Kier molecular flexibility index (Phi) is 4.22. The third kappa shape index (κ3) is 3.15. The maximum Gasteiger partial charge on any atom is 0.339 e. The van der Waals surface area contributed by atoms with Crippen molar-refractivity contribution in [1.82, 2.24) is 0 Å². The Bertz CT molecular complexity index is 590. The van der Waals surface area contributed by atoms with Gasteiger partial charge in [0, 0.05) is 17.1 Å². The number of carbonyl (C=O) groups is 1. The monoisotopic (exact) mass is 275 g/mol. The average Bonchev–Trinajstić information content (AvgIpc) is 2.82. The highest BCUT2D eigenvalue weighted by Gasteiger charge is 2.12. The van der Waals surface area contributed by atoms with Crippen LogP contribution in [-0.2, 0) is 11.3 Å². The standard InChI is InChI=1S/C15H17NO2S/c1-10-4-5-13(12(8-10)15(17)18-3)16-9-14-11(2)6-7-19-14/h4-8,16H,9H2,1-3H3. The van der Waals surface area contributed by atoms with Gasteiger partial charge in [-0.05, 0) is 43.0 Å². The first-order valence-corrected chi connectivity index (χ1v) is 6.95. The average molecular weight is 275 g/mol. The molecule has 0 saturated heterocycles. The van der Waals surface area contributed by atoms with Gasteiger partial charge in [0.05, 0.1) is 12.7 Å². The van der Waals surface area contributed by atoms with Crippen molar-refractivity contribution in [2.24, 2.45) is 0 Å². The lowest BCUT2D eigenvalue weighted by molar-refractivity contribution is 0.0601. The predicted octanol–water partition coefficient (Wildman–Crippen LogP) is 3.76. The number of esters is 1. The SMILES string of the molecule is COC(=O)c1cc(C)ccc1NCc1sccc1C. The molecule has 0 spiro atoms. The highest BCUT2D eigenvalue weighted by Crippen LogP contribution is 2.22. The van der Waals surface area contributed by atoms with Crippen LogP contribution < -0.4 is 5.32 Å². The third-order valence-electron chi connectivity index (χ3n) is 2.99. The molecule has 1 aromatic heterocycles. The van der Waals surface area contributed by atoms with Crippen LogP contribution in [0.25, 0.3) is 0 Å². The molecule has 4 heteroatoms. The summed E-state index contributed by atoms with van der Waals surface area (Å²) in [5, 5.41) is 5.38. The normalized spacial score (nSPS) is 10.3. The topological polar surface area (TPSA) is 38.3 Å². The Hall–Kier alpha value is -1.81. The Balaban J connectivity index is 2.20. The van der Waals surface area contributed by atoms with E-state index in [1.807, 2.05) is 25.1 Å². The van der Waals surface area contributed by atoms with Gasteiger partial charge in [0.2, 0.25) is 0 Å². The van der Waals surface area contributed by atoms with Crippen LogP contribution in [0.15, 0.2) is 29.6 Å². The fourth-order valence-corrected chi connectivity index (χ4v) is 2.70. The molecule has 2 rings (SSSR count). The molecule has 19 heavy (non-hydrogen) atoms. The summed E-state index contributed by atoms with van der Waals surface area (Å²) in [7, 11) is 1.40. The van der Waals surface area contributed by atoms with E-state index in [0.29, 0.717) is 5.56 Å². The first-order chi connectivity index (χ1) is 9.11. The Morgan fingerprint density at radius 3 is 2.74 bits per heavy atom. The number of carbonyl (C=O) groups excluding carboxylic acids is 1. The number of anilines is 1. The van der Waals surface area contributed by atoms with E-state index in [9.17, 15) is 4.79 Å². The number of methoxy groups -OCH3 is 1. The van der Waals surface area contributed by atoms with E-state index in [-0.39, 0.29) is 5.97 Å². The van der Waals surface area contributed by atoms with Gasteiger partial charge in [0.25, 0.3) is 0 Å². The second-order valence-electron chi connectivity index (χ2n) is 4.42. The lowest BCUT2D eigenvalue weighted by Crippen LogP contribution is -2.08. The summed E-state index contributed by atoms with van der Waals surface area (Å²) >= 11 is 1.71. The highest BCUT2D eigenvalue weighted by atomic mass is 32.1. The fourth-order valence-electron chi connectivity index (χ4n) is 1.85. The maximum absolute atomic E-state index is 11.8. The highest BCUT2D eigenvalue weighted by molar-refractivity contribution is 7.10. The molecule has 1 heterocycles. The summed E-state index contributed by atoms with van der Waals surface area (Å²) in [4.78, 5) is 13.0. The number of hydrogen-bond donors (Lipinski definition) is 1. The zero-order valence-electron chi connectivity index (χ0n) is 11.3. The molecule has 0 saturated carbocycles. The van der Waals surface area contributed by atoms with Crippen molar-refractivity contribution in [2.75, 3.05) is 12.4 Å². The van der Waals surface area contributed by atoms with Crippen LogP contribution in [0.3, 0.4) is 0 Å². The van der Waals surface area contributed by atoms with Crippen LogP contribution in [0.4, 0.5) is 5.69 Å². The van der Waals surface area contributed by atoms with Gasteiger partial charge in [-0.2, -0.15) is 0 Å². The minimum Gasteiger partial charge on any atom is -0.465 e. The van der Waals surface area contributed by atoms with Gasteiger partial charge in [0.1, 0.15) is 0 Å². The van der Waals surface area contributed by atoms with Crippen LogP contribution >= 0.6 is 11.3 Å². The summed E-state index contributed by atoms with van der Waals surface area (Å²) in [6.07, 6.45) is 0. The molecule has 1 N–H and O–H groups in total. The summed E-state index contributed by atoms with van der Waals surface area (Å²) in [6, 6.07) is 7.84. The molecule has 0 bridgehead atoms. The minimum absolute atomic E-state index is 0.311. The van der Waals surface area contributed by atoms with E-state index in [1.165, 1.54) is 17.6 Å². The molecule has 0 amide bonds. The lowest BCUT2D eigenvalue weighted by Gasteiger charge is -2.11. The summed E-state index contributed by atoms with van der Waals surface area (Å²) in [5.74, 6) is -0.311. The Labute approximate surface area is 117 Å². The van der Waals surface area contributed by atoms with E-state index in [4.69, 9.17) is 4.74 Å². The maximum atomic E-state index is 11.8. The van der Waals surface area contributed by atoms with Crippen molar-refractivity contribution in [3.63, 3.8) is 0 Å². The molecule has 0 radical (unpaired) electrons. The van der Waals surface area contributed by atoms with E-state index in [2.05, 4.69) is 23.7 Å². The van der Waals surface area contributed by atoms with Gasteiger partial charge in [-0.3, -0.25) is 0 Å². The number of ether oxygens (including phenoxy) is 1. The molecule has 0 aliphatic heterocycles. The molecule has 100 valence electrons. The number of hydrogen-bond acceptors (Lipinski definition) is 4. The van der Waals surface area contributed by atoms with Crippen molar-refractivity contribution >= 4 is 23.0 Å². The molecule has 0 fully saturated rings.